The molecule has 0 heterocycles. The molecule has 0 unspecified atom stereocenters. The molecule has 0 saturated heterocycles. The Bertz CT molecular complexity index is 164. The molecule has 1 heteroatoms. The van der Waals surface area contributed by atoms with Crippen LogP contribution in [0, 0.1) is 6.92 Å². The topological polar surface area (TPSA) is 0 Å². The Morgan fingerprint density at radius 1 is 1.38 bits per heavy atom. The van der Waals surface area contributed by atoms with Crippen LogP contribution in [0.25, 0.3) is 0 Å². The molecule has 0 amide bonds. The van der Waals surface area contributed by atoms with Crippen molar-refractivity contribution in [3.8, 4) is 0 Å². The highest BCUT2D eigenvalue weighted by atomic mass is 32.1. The molecule has 0 aromatic heterocycles. The molecule has 0 aliphatic carbocycles. The maximum absolute atomic E-state index is 4.90. The number of aryl methyl sites for hydroxylation is 1. The van der Waals surface area contributed by atoms with E-state index in [1.54, 1.807) is 0 Å². The zero-order chi connectivity index (χ0) is 5.98. The molecule has 1 aromatic rings. The summed E-state index contributed by atoms with van der Waals surface area (Å²) in [7, 11) is 0. The molecule has 0 N–H and O–H groups in total. The van der Waals surface area contributed by atoms with E-state index in [9.17, 15) is 0 Å². The first-order chi connectivity index (χ1) is 3.79. The van der Waals surface area contributed by atoms with Gasteiger partial charge in [0.25, 0.3) is 0 Å². The van der Waals surface area contributed by atoms with E-state index in [2.05, 4.69) is 0 Å². The van der Waals surface area contributed by atoms with E-state index in [4.69, 9.17) is 12.6 Å². The van der Waals surface area contributed by atoms with Gasteiger partial charge in [-0.1, -0.05) is 24.8 Å². The maximum atomic E-state index is 4.90. The van der Waals surface area contributed by atoms with Crippen molar-refractivity contribution in [1.29, 1.82) is 0 Å². The van der Waals surface area contributed by atoms with E-state index in [1.165, 1.54) is 5.56 Å². The van der Waals surface area contributed by atoms with Crippen molar-refractivity contribution in [3.05, 3.63) is 29.8 Å². The average molecular weight is 123 g/mol. The smallest absolute Gasteiger partial charge is 0.0379 e. The van der Waals surface area contributed by atoms with Gasteiger partial charge in [-0.15, -0.1) is 0 Å². The van der Waals surface area contributed by atoms with E-state index in [1.807, 2.05) is 31.2 Å². The predicted molar refractivity (Wildman–Crippen MR) is 37.0 cm³/mol. The molecule has 41 valence electrons. The molecule has 0 aliphatic heterocycles. The third-order valence-electron chi connectivity index (χ3n) is 0.990. The van der Waals surface area contributed by atoms with Crippen LogP contribution in [0.3, 0.4) is 0 Å². The molecule has 1 rings (SSSR count). The molecule has 1 aromatic carbocycles. The standard InChI is InChI=1S/C7H7S/c1-6-3-2-4-7(8)5-6/h2-5H,1H3. The highest BCUT2D eigenvalue weighted by molar-refractivity contribution is 7.80. The zero-order valence-corrected chi connectivity index (χ0v) is 5.53. The fourth-order valence-corrected chi connectivity index (χ4v) is 0.880. The number of benzene rings is 1. The number of hydrogen-bond acceptors (Lipinski definition) is 0. The van der Waals surface area contributed by atoms with Crippen molar-refractivity contribution in [2.45, 2.75) is 11.8 Å². The van der Waals surface area contributed by atoms with E-state index in [-0.39, 0.29) is 0 Å². The Kier molecular flexibility index (Phi) is 1.49. The molecule has 0 spiro atoms. The van der Waals surface area contributed by atoms with Gasteiger partial charge in [0, 0.05) is 4.90 Å². The van der Waals surface area contributed by atoms with Gasteiger partial charge >= 0.3 is 0 Å². The van der Waals surface area contributed by atoms with Crippen molar-refractivity contribution in [2.75, 3.05) is 0 Å². The molecular weight excluding hydrogens is 116 g/mol. The van der Waals surface area contributed by atoms with Crippen LogP contribution in [0.4, 0.5) is 0 Å². The lowest BCUT2D eigenvalue weighted by atomic mass is 10.2. The van der Waals surface area contributed by atoms with Crippen LogP contribution >= 0.6 is 12.6 Å². The summed E-state index contributed by atoms with van der Waals surface area (Å²) in [5, 5.41) is 0. The van der Waals surface area contributed by atoms with Crippen LogP contribution < -0.4 is 0 Å². The molecule has 0 atom stereocenters. The molecule has 0 nitrogen and oxygen atoms in total. The summed E-state index contributed by atoms with van der Waals surface area (Å²) < 4.78 is 0. The first-order valence-electron chi connectivity index (χ1n) is 2.53. The van der Waals surface area contributed by atoms with Crippen LogP contribution in [0.5, 0.6) is 0 Å². The molecule has 0 saturated carbocycles. The normalized spacial score (nSPS) is 9.12. The second-order valence-corrected chi connectivity index (χ2v) is 2.29. The van der Waals surface area contributed by atoms with Crippen molar-refractivity contribution in [1.82, 2.24) is 0 Å². The maximum Gasteiger partial charge on any atom is 0.0379 e. The largest absolute Gasteiger partial charge is 0.0801 e. The molecular formula is C7H7S. The first-order valence-corrected chi connectivity index (χ1v) is 2.93. The van der Waals surface area contributed by atoms with Crippen molar-refractivity contribution in [3.63, 3.8) is 0 Å². The van der Waals surface area contributed by atoms with Gasteiger partial charge in [0.2, 0.25) is 0 Å². The van der Waals surface area contributed by atoms with Crippen LogP contribution in [0.15, 0.2) is 29.2 Å². The summed E-state index contributed by atoms with van der Waals surface area (Å²) in [4.78, 5) is 0.921. The zero-order valence-electron chi connectivity index (χ0n) is 4.72. The van der Waals surface area contributed by atoms with Gasteiger partial charge < -0.3 is 0 Å². The summed E-state index contributed by atoms with van der Waals surface area (Å²) in [6, 6.07) is 7.91. The van der Waals surface area contributed by atoms with E-state index >= 15 is 0 Å². The van der Waals surface area contributed by atoms with Gasteiger partial charge in [-0.25, -0.2) is 0 Å². The van der Waals surface area contributed by atoms with E-state index in [0.29, 0.717) is 0 Å². The van der Waals surface area contributed by atoms with E-state index in [0.717, 1.165) is 4.90 Å². The fourth-order valence-electron chi connectivity index (χ4n) is 0.615. The van der Waals surface area contributed by atoms with Crippen molar-refractivity contribution >= 4 is 12.6 Å². The summed E-state index contributed by atoms with van der Waals surface area (Å²) in [5.41, 5.74) is 1.23. The molecule has 0 aliphatic rings. The Balaban J connectivity index is 3.08. The monoisotopic (exact) mass is 123 g/mol. The third kappa shape index (κ3) is 1.20. The lowest BCUT2D eigenvalue weighted by Crippen LogP contribution is -1.67. The molecule has 0 fully saturated rings. The van der Waals surface area contributed by atoms with Gasteiger partial charge in [-0.3, -0.25) is 0 Å². The van der Waals surface area contributed by atoms with Crippen LogP contribution in [-0.4, -0.2) is 0 Å². The summed E-state index contributed by atoms with van der Waals surface area (Å²) in [6.07, 6.45) is 0. The Morgan fingerprint density at radius 2 is 2.12 bits per heavy atom. The van der Waals surface area contributed by atoms with Crippen molar-refractivity contribution in [2.24, 2.45) is 0 Å². The van der Waals surface area contributed by atoms with Gasteiger partial charge in [-0.2, -0.15) is 0 Å². The van der Waals surface area contributed by atoms with Crippen LogP contribution in [-0.2, 0) is 0 Å². The van der Waals surface area contributed by atoms with Gasteiger partial charge in [0.05, 0.1) is 0 Å². The molecule has 8 heavy (non-hydrogen) atoms. The van der Waals surface area contributed by atoms with Gasteiger partial charge in [-0.05, 0) is 24.6 Å². The second kappa shape index (κ2) is 2.14. The van der Waals surface area contributed by atoms with Crippen LogP contribution in [0.1, 0.15) is 5.56 Å². The van der Waals surface area contributed by atoms with Gasteiger partial charge in [0.15, 0.2) is 0 Å². The Labute approximate surface area is 55.0 Å². The second-order valence-electron chi connectivity index (χ2n) is 1.82. The number of rotatable bonds is 0. The summed E-state index contributed by atoms with van der Waals surface area (Å²) in [5.74, 6) is 0. The quantitative estimate of drug-likeness (QED) is 0.497. The molecule has 1 radical (unpaired) electrons. The highest BCUT2D eigenvalue weighted by Gasteiger charge is 1.82. The Hall–Kier alpha value is -0.560. The van der Waals surface area contributed by atoms with Gasteiger partial charge in [0.1, 0.15) is 0 Å². The number of hydrogen-bond donors (Lipinski definition) is 0. The highest BCUT2D eigenvalue weighted by Crippen LogP contribution is 2.06. The predicted octanol–water partition coefficient (Wildman–Crippen LogP) is 2.55. The average Bonchev–Trinajstić information content (AvgIpc) is 1.64. The van der Waals surface area contributed by atoms with E-state index < -0.39 is 0 Å². The minimum atomic E-state index is 0.921. The lowest BCUT2D eigenvalue weighted by molar-refractivity contribution is 1.37. The minimum Gasteiger partial charge on any atom is -0.0801 e. The first kappa shape index (κ1) is 5.57. The molecule has 0 bridgehead atoms. The van der Waals surface area contributed by atoms with Crippen molar-refractivity contribution < 1.29 is 0 Å². The third-order valence-corrected chi connectivity index (χ3v) is 1.24. The summed E-state index contributed by atoms with van der Waals surface area (Å²) in [6.45, 7) is 2.04. The fraction of sp³-hybridized carbons (Fsp3) is 0.143. The minimum absolute atomic E-state index is 0.921. The Morgan fingerprint density at radius 3 is 2.50 bits per heavy atom. The van der Waals surface area contributed by atoms with Crippen LogP contribution in [0.2, 0.25) is 0 Å². The SMILES string of the molecule is Cc1cccc([S])c1. The summed E-state index contributed by atoms with van der Waals surface area (Å²) >= 11 is 4.90. The lowest BCUT2D eigenvalue weighted by Gasteiger charge is -1.88.